The Bertz CT molecular complexity index is 727. The van der Waals surface area contributed by atoms with E-state index < -0.39 is 6.10 Å². The first-order valence-electron chi connectivity index (χ1n) is 10.9. The summed E-state index contributed by atoms with van der Waals surface area (Å²) >= 11 is 0. The van der Waals surface area contributed by atoms with Gasteiger partial charge >= 0.3 is 0 Å². The lowest BCUT2D eigenvalue weighted by Gasteiger charge is -2.27. The van der Waals surface area contributed by atoms with Gasteiger partial charge in [0.25, 0.3) is 0 Å². The van der Waals surface area contributed by atoms with E-state index >= 15 is 0 Å². The van der Waals surface area contributed by atoms with Crippen molar-refractivity contribution < 1.29 is 29.2 Å². The van der Waals surface area contributed by atoms with Gasteiger partial charge in [-0.1, -0.05) is 19.1 Å². The molecule has 0 aliphatic carbocycles. The maximum absolute atomic E-state index is 11.0. The highest BCUT2D eigenvalue weighted by molar-refractivity contribution is 5.62. The molecule has 7 heteroatoms. The molecule has 0 amide bonds. The molecule has 1 atom stereocenters. The first-order chi connectivity index (χ1) is 15.0. The summed E-state index contributed by atoms with van der Waals surface area (Å²) < 4.78 is 22.8. The van der Waals surface area contributed by atoms with Crippen molar-refractivity contribution >= 4 is 0 Å². The molecule has 174 valence electrons. The van der Waals surface area contributed by atoms with Gasteiger partial charge in [0.2, 0.25) is 5.75 Å². The second-order valence-corrected chi connectivity index (χ2v) is 7.65. The van der Waals surface area contributed by atoms with Crippen LogP contribution in [-0.2, 0) is 0 Å². The van der Waals surface area contributed by atoms with Crippen LogP contribution in [0.15, 0.2) is 30.6 Å². The number of piperidine rings is 1. The van der Waals surface area contributed by atoms with Gasteiger partial charge in [-0.3, -0.25) is 4.90 Å². The Labute approximate surface area is 185 Å². The van der Waals surface area contributed by atoms with Crippen LogP contribution in [0.2, 0.25) is 0 Å². The zero-order valence-electron chi connectivity index (χ0n) is 19.1. The third-order valence-electron chi connectivity index (χ3n) is 5.44. The standard InChI is InChI=1S/C24H37NO6/c1-18(26)11-7-5-8-12-19(27)22-20(28-2)17-21(29-3)23(30-4)24(22)31-16-15-25-13-9-6-10-14-25/h7,11,17,19,26-27H,1,5-6,8-10,12-16H2,2-4H3/b11-7-. The van der Waals surface area contributed by atoms with Gasteiger partial charge in [0.1, 0.15) is 18.1 Å². The topological polar surface area (TPSA) is 80.6 Å². The Morgan fingerprint density at radius 1 is 1.10 bits per heavy atom. The monoisotopic (exact) mass is 435 g/mol. The van der Waals surface area contributed by atoms with Gasteiger partial charge in [-0.05, 0) is 51.3 Å². The van der Waals surface area contributed by atoms with Gasteiger partial charge in [0, 0.05) is 12.6 Å². The quantitative estimate of drug-likeness (QED) is 0.270. The molecule has 1 saturated heterocycles. The van der Waals surface area contributed by atoms with Gasteiger partial charge in [-0.25, -0.2) is 0 Å². The molecule has 0 spiro atoms. The fourth-order valence-electron chi connectivity index (χ4n) is 3.83. The summed E-state index contributed by atoms with van der Waals surface area (Å²) in [4.78, 5) is 2.39. The van der Waals surface area contributed by atoms with Crippen LogP contribution >= 0.6 is 0 Å². The summed E-state index contributed by atoms with van der Waals surface area (Å²) in [6.45, 7) is 6.89. The Morgan fingerprint density at radius 2 is 1.81 bits per heavy atom. The van der Waals surface area contributed by atoms with Crippen LogP contribution in [0.4, 0.5) is 0 Å². The number of benzene rings is 1. The maximum Gasteiger partial charge on any atom is 0.203 e. The summed E-state index contributed by atoms with van der Waals surface area (Å²) in [5.74, 6) is 1.92. The molecule has 0 radical (unpaired) electrons. The Balaban J connectivity index is 2.20. The number of methoxy groups -OCH3 is 3. The number of aliphatic hydroxyl groups excluding tert-OH is 2. The number of likely N-dealkylation sites (tertiary alicyclic amines) is 1. The summed E-state index contributed by atoms with van der Waals surface area (Å²) in [6.07, 6.45) is 8.23. The number of hydrogen-bond acceptors (Lipinski definition) is 7. The van der Waals surface area contributed by atoms with E-state index in [2.05, 4.69) is 11.5 Å². The molecular weight excluding hydrogens is 398 g/mol. The molecule has 1 fully saturated rings. The van der Waals surface area contributed by atoms with Crippen LogP contribution in [0.3, 0.4) is 0 Å². The van der Waals surface area contributed by atoms with E-state index in [4.69, 9.17) is 24.1 Å². The van der Waals surface area contributed by atoms with E-state index in [-0.39, 0.29) is 5.76 Å². The predicted molar refractivity (Wildman–Crippen MR) is 122 cm³/mol. The van der Waals surface area contributed by atoms with Gasteiger partial charge in [0.15, 0.2) is 11.5 Å². The molecule has 1 aliphatic rings. The van der Waals surface area contributed by atoms with Gasteiger partial charge in [0.05, 0.1) is 33.0 Å². The van der Waals surface area contributed by atoms with Crippen molar-refractivity contribution in [3.63, 3.8) is 0 Å². The van der Waals surface area contributed by atoms with Crippen molar-refractivity contribution in [1.82, 2.24) is 4.90 Å². The fourth-order valence-corrected chi connectivity index (χ4v) is 3.83. The minimum atomic E-state index is -0.800. The number of hydrogen-bond donors (Lipinski definition) is 2. The highest BCUT2D eigenvalue weighted by Gasteiger charge is 2.27. The van der Waals surface area contributed by atoms with Crippen molar-refractivity contribution in [3.8, 4) is 23.0 Å². The highest BCUT2D eigenvalue weighted by atomic mass is 16.5. The van der Waals surface area contributed by atoms with Crippen LogP contribution in [0, 0.1) is 0 Å². The number of ether oxygens (including phenoxy) is 4. The van der Waals surface area contributed by atoms with E-state index in [1.165, 1.54) is 19.3 Å². The molecule has 1 aromatic rings. The van der Waals surface area contributed by atoms with E-state index in [1.807, 2.05) is 6.08 Å². The normalized spacial score (nSPS) is 15.6. The number of nitrogens with zero attached hydrogens (tertiary/aromatic N) is 1. The van der Waals surface area contributed by atoms with E-state index in [0.717, 1.165) is 26.1 Å². The average Bonchev–Trinajstić information content (AvgIpc) is 2.78. The maximum atomic E-state index is 11.0. The lowest BCUT2D eigenvalue weighted by atomic mass is 10.00. The molecule has 1 unspecified atom stereocenters. The van der Waals surface area contributed by atoms with Crippen LogP contribution < -0.4 is 18.9 Å². The first kappa shape index (κ1) is 24.9. The van der Waals surface area contributed by atoms with E-state index in [0.29, 0.717) is 48.0 Å². The Hall–Kier alpha value is -2.38. The molecule has 1 heterocycles. The lowest BCUT2D eigenvalue weighted by Crippen LogP contribution is -2.33. The SMILES string of the molecule is C=C(O)/C=C\CCCC(O)c1c(OC)cc(OC)c(OC)c1OCCN1CCCCC1. The number of aliphatic hydroxyl groups is 2. The molecule has 0 saturated carbocycles. The highest BCUT2D eigenvalue weighted by Crippen LogP contribution is 2.48. The molecule has 31 heavy (non-hydrogen) atoms. The Morgan fingerprint density at radius 3 is 2.42 bits per heavy atom. The third kappa shape index (κ3) is 7.36. The summed E-state index contributed by atoms with van der Waals surface area (Å²) in [5.41, 5.74) is 0.564. The molecular formula is C24H37NO6. The number of allylic oxidation sites excluding steroid dienone is 2. The van der Waals surface area contributed by atoms with E-state index in [9.17, 15) is 5.11 Å². The fraction of sp³-hybridized carbons (Fsp3) is 0.583. The lowest BCUT2D eigenvalue weighted by molar-refractivity contribution is 0.146. The molecule has 2 rings (SSSR count). The average molecular weight is 436 g/mol. The predicted octanol–water partition coefficient (Wildman–Crippen LogP) is 4.41. The van der Waals surface area contributed by atoms with E-state index in [1.54, 1.807) is 33.5 Å². The largest absolute Gasteiger partial charge is 0.509 e. The summed E-state index contributed by atoms with van der Waals surface area (Å²) in [7, 11) is 4.68. The van der Waals surface area contributed by atoms with Gasteiger partial charge in [-0.2, -0.15) is 0 Å². The zero-order chi connectivity index (χ0) is 22.6. The smallest absolute Gasteiger partial charge is 0.203 e. The second-order valence-electron chi connectivity index (χ2n) is 7.65. The van der Waals surface area contributed by atoms with Crippen molar-refractivity contribution in [1.29, 1.82) is 0 Å². The van der Waals surface area contributed by atoms with Crippen LogP contribution in [0.5, 0.6) is 23.0 Å². The Kier molecular flexibility index (Phi) is 10.5. The van der Waals surface area contributed by atoms with Crippen molar-refractivity contribution in [2.24, 2.45) is 0 Å². The second kappa shape index (κ2) is 13.1. The molecule has 0 aromatic heterocycles. The summed E-state index contributed by atoms with van der Waals surface area (Å²) in [6, 6.07) is 1.71. The molecule has 1 aromatic carbocycles. The van der Waals surface area contributed by atoms with Crippen molar-refractivity contribution in [2.75, 3.05) is 47.6 Å². The minimum Gasteiger partial charge on any atom is -0.509 e. The van der Waals surface area contributed by atoms with Crippen molar-refractivity contribution in [2.45, 2.75) is 44.6 Å². The number of rotatable bonds is 13. The molecule has 1 aliphatic heterocycles. The minimum absolute atomic E-state index is 0.0199. The van der Waals surface area contributed by atoms with Crippen LogP contribution in [-0.4, -0.2) is 62.7 Å². The zero-order valence-corrected chi connectivity index (χ0v) is 19.1. The van der Waals surface area contributed by atoms with Crippen LogP contribution in [0.25, 0.3) is 0 Å². The molecule has 2 N–H and O–H groups in total. The number of unbranched alkanes of at least 4 members (excludes halogenated alkanes) is 1. The van der Waals surface area contributed by atoms with Gasteiger partial charge in [-0.15, -0.1) is 0 Å². The first-order valence-corrected chi connectivity index (χ1v) is 10.9. The van der Waals surface area contributed by atoms with Gasteiger partial charge < -0.3 is 29.2 Å². The van der Waals surface area contributed by atoms with Crippen LogP contribution in [0.1, 0.15) is 50.2 Å². The summed E-state index contributed by atoms with van der Waals surface area (Å²) in [5, 5.41) is 20.1. The third-order valence-corrected chi connectivity index (χ3v) is 5.44. The van der Waals surface area contributed by atoms with Crippen molar-refractivity contribution in [3.05, 3.63) is 36.1 Å². The molecule has 7 nitrogen and oxygen atoms in total. The molecule has 0 bridgehead atoms.